The lowest BCUT2D eigenvalue weighted by molar-refractivity contribution is 0.424. The lowest BCUT2D eigenvalue weighted by Gasteiger charge is -2.21. The number of hydrogen-bond acceptors (Lipinski definition) is 1. The van der Waals surface area contributed by atoms with E-state index in [4.69, 9.17) is 0 Å². The maximum Gasteiger partial charge on any atom is 0.126 e. The highest BCUT2D eigenvalue weighted by atomic mass is 19.1. The molecule has 0 saturated heterocycles. The average Bonchev–Trinajstić information content (AvgIpc) is 2.80. The van der Waals surface area contributed by atoms with Gasteiger partial charge in [-0.1, -0.05) is 32.4 Å². The van der Waals surface area contributed by atoms with Gasteiger partial charge in [0.2, 0.25) is 0 Å². The second kappa shape index (κ2) is 6.51. The first-order valence-electron chi connectivity index (χ1n) is 7.54. The predicted octanol–water partition coefficient (Wildman–Crippen LogP) is 4.26. The van der Waals surface area contributed by atoms with Crippen LogP contribution in [-0.4, -0.2) is 13.1 Å². The van der Waals surface area contributed by atoms with Gasteiger partial charge in [-0.15, -0.1) is 0 Å². The first-order chi connectivity index (χ1) is 9.08. The molecule has 0 aromatic heterocycles. The normalized spacial score (nSPS) is 23.2. The molecule has 0 spiro atoms. The Hall–Kier alpha value is -0.890. The topological polar surface area (TPSA) is 12.0 Å². The standard InChI is InChI=1S/C17H26FN/c1-12(2)10-19-11-15-5-4-6-16(15)14-7-8-17(18)13(3)9-14/h7-9,12,15-16,19H,4-6,10-11H2,1-3H3. The minimum atomic E-state index is -0.0868. The van der Waals surface area contributed by atoms with E-state index in [1.807, 2.05) is 19.1 Å². The van der Waals surface area contributed by atoms with Crippen molar-refractivity contribution in [3.8, 4) is 0 Å². The van der Waals surface area contributed by atoms with Crippen molar-refractivity contribution in [2.75, 3.05) is 13.1 Å². The van der Waals surface area contributed by atoms with Crippen molar-refractivity contribution < 1.29 is 4.39 Å². The summed E-state index contributed by atoms with van der Waals surface area (Å²) in [6.45, 7) is 8.52. The zero-order chi connectivity index (χ0) is 13.8. The van der Waals surface area contributed by atoms with Crippen LogP contribution in [0.25, 0.3) is 0 Å². The van der Waals surface area contributed by atoms with E-state index in [1.165, 1.54) is 24.8 Å². The van der Waals surface area contributed by atoms with Gasteiger partial charge in [0.1, 0.15) is 5.82 Å². The molecule has 2 unspecified atom stereocenters. The van der Waals surface area contributed by atoms with Crippen molar-refractivity contribution in [1.82, 2.24) is 5.32 Å². The molecule has 0 amide bonds. The fourth-order valence-corrected chi connectivity index (χ4v) is 3.18. The summed E-state index contributed by atoms with van der Waals surface area (Å²) in [7, 11) is 0. The summed E-state index contributed by atoms with van der Waals surface area (Å²) < 4.78 is 13.4. The van der Waals surface area contributed by atoms with E-state index in [9.17, 15) is 4.39 Å². The molecular weight excluding hydrogens is 237 g/mol. The second-order valence-electron chi connectivity index (χ2n) is 6.36. The van der Waals surface area contributed by atoms with E-state index in [1.54, 1.807) is 6.07 Å². The van der Waals surface area contributed by atoms with Crippen molar-refractivity contribution in [1.29, 1.82) is 0 Å². The van der Waals surface area contributed by atoms with E-state index in [-0.39, 0.29) is 5.82 Å². The van der Waals surface area contributed by atoms with Crippen molar-refractivity contribution in [3.63, 3.8) is 0 Å². The molecular formula is C17H26FN. The Bertz CT molecular complexity index is 414. The predicted molar refractivity (Wildman–Crippen MR) is 78.9 cm³/mol. The van der Waals surface area contributed by atoms with E-state index in [2.05, 4.69) is 19.2 Å². The molecule has 1 nitrogen and oxygen atoms in total. The lowest BCUT2D eigenvalue weighted by atomic mass is 9.88. The van der Waals surface area contributed by atoms with Gasteiger partial charge in [0.05, 0.1) is 0 Å². The number of hydrogen-bond donors (Lipinski definition) is 1. The first-order valence-corrected chi connectivity index (χ1v) is 7.54. The van der Waals surface area contributed by atoms with Crippen LogP contribution >= 0.6 is 0 Å². The Morgan fingerprint density at radius 1 is 1.32 bits per heavy atom. The van der Waals surface area contributed by atoms with Gasteiger partial charge >= 0.3 is 0 Å². The van der Waals surface area contributed by atoms with Crippen molar-refractivity contribution >= 4 is 0 Å². The molecule has 1 aliphatic rings. The molecule has 1 saturated carbocycles. The van der Waals surface area contributed by atoms with Crippen molar-refractivity contribution in [3.05, 3.63) is 35.1 Å². The van der Waals surface area contributed by atoms with E-state index in [0.29, 0.717) is 17.8 Å². The summed E-state index contributed by atoms with van der Waals surface area (Å²) >= 11 is 0. The van der Waals surface area contributed by atoms with Gasteiger partial charge in [-0.25, -0.2) is 4.39 Å². The highest BCUT2D eigenvalue weighted by Crippen LogP contribution is 2.39. The van der Waals surface area contributed by atoms with Crippen LogP contribution in [0, 0.1) is 24.6 Å². The minimum absolute atomic E-state index is 0.0868. The van der Waals surface area contributed by atoms with Gasteiger partial charge in [0, 0.05) is 0 Å². The number of nitrogens with one attached hydrogen (secondary N) is 1. The van der Waals surface area contributed by atoms with Crippen LogP contribution in [0.2, 0.25) is 0 Å². The summed E-state index contributed by atoms with van der Waals surface area (Å²) in [4.78, 5) is 0. The number of rotatable bonds is 5. The Morgan fingerprint density at radius 2 is 2.11 bits per heavy atom. The molecule has 2 atom stereocenters. The second-order valence-corrected chi connectivity index (χ2v) is 6.36. The Balaban J connectivity index is 1.99. The molecule has 1 N–H and O–H groups in total. The molecule has 1 aromatic rings. The SMILES string of the molecule is Cc1cc(C2CCCC2CNCC(C)C)ccc1F. The minimum Gasteiger partial charge on any atom is -0.316 e. The van der Waals surface area contributed by atoms with Crippen LogP contribution in [0.3, 0.4) is 0 Å². The molecule has 0 aliphatic heterocycles. The van der Waals surface area contributed by atoms with Gasteiger partial charge in [0.15, 0.2) is 0 Å². The number of benzene rings is 1. The largest absolute Gasteiger partial charge is 0.316 e. The van der Waals surface area contributed by atoms with Crippen LogP contribution in [0.1, 0.15) is 50.2 Å². The average molecular weight is 263 g/mol. The summed E-state index contributed by atoms with van der Waals surface area (Å²) in [6.07, 6.45) is 3.85. The Labute approximate surface area is 116 Å². The van der Waals surface area contributed by atoms with Crippen LogP contribution in [-0.2, 0) is 0 Å². The molecule has 0 bridgehead atoms. The Morgan fingerprint density at radius 3 is 2.79 bits per heavy atom. The van der Waals surface area contributed by atoms with Crippen molar-refractivity contribution in [2.24, 2.45) is 11.8 Å². The van der Waals surface area contributed by atoms with E-state index >= 15 is 0 Å². The molecule has 1 fully saturated rings. The van der Waals surface area contributed by atoms with Crippen LogP contribution in [0.15, 0.2) is 18.2 Å². The third-order valence-corrected chi connectivity index (χ3v) is 4.23. The van der Waals surface area contributed by atoms with Gasteiger partial charge in [-0.2, -0.15) is 0 Å². The monoisotopic (exact) mass is 263 g/mol. The first kappa shape index (κ1) is 14.5. The summed E-state index contributed by atoms with van der Waals surface area (Å²) in [5, 5.41) is 3.58. The molecule has 2 heteroatoms. The van der Waals surface area contributed by atoms with E-state index < -0.39 is 0 Å². The molecule has 2 rings (SSSR count). The number of aryl methyl sites for hydroxylation is 1. The summed E-state index contributed by atoms with van der Waals surface area (Å²) in [5.41, 5.74) is 2.10. The zero-order valence-corrected chi connectivity index (χ0v) is 12.4. The zero-order valence-electron chi connectivity index (χ0n) is 12.4. The maximum absolute atomic E-state index is 13.4. The van der Waals surface area contributed by atoms with Gasteiger partial charge in [-0.3, -0.25) is 0 Å². The molecule has 0 radical (unpaired) electrons. The number of halogens is 1. The Kier molecular flexibility index (Phi) is 4.98. The van der Waals surface area contributed by atoms with E-state index in [0.717, 1.165) is 18.7 Å². The van der Waals surface area contributed by atoms with Gasteiger partial charge in [0.25, 0.3) is 0 Å². The van der Waals surface area contributed by atoms with Crippen LogP contribution in [0.4, 0.5) is 4.39 Å². The molecule has 106 valence electrons. The lowest BCUT2D eigenvalue weighted by Crippen LogP contribution is -2.27. The fraction of sp³-hybridized carbons (Fsp3) is 0.647. The molecule has 0 heterocycles. The van der Waals surface area contributed by atoms with Crippen LogP contribution < -0.4 is 5.32 Å². The molecule has 19 heavy (non-hydrogen) atoms. The van der Waals surface area contributed by atoms with Gasteiger partial charge < -0.3 is 5.32 Å². The smallest absolute Gasteiger partial charge is 0.126 e. The summed E-state index contributed by atoms with van der Waals surface area (Å²) in [5.74, 6) is 1.94. The third-order valence-electron chi connectivity index (χ3n) is 4.23. The molecule has 1 aromatic carbocycles. The third kappa shape index (κ3) is 3.79. The fourth-order valence-electron chi connectivity index (χ4n) is 3.18. The highest BCUT2D eigenvalue weighted by molar-refractivity contribution is 5.28. The van der Waals surface area contributed by atoms with Gasteiger partial charge in [-0.05, 0) is 67.8 Å². The molecule has 1 aliphatic carbocycles. The maximum atomic E-state index is 13.4. The van der Waals surface area contributed by atoms with Crippen LogP contribution in [0.5, 0.6) is 0 Å². The quantitative estimate of drug-likeness (QED) is 0.837. The summed E-state index contributed by atoms with van der Waals surface area (Å²) in [6, 6.07) is 5.65. The highest BCUT2D eigenvalue weighted by Gasteiger charge is 2.28. The van der Waals surface area contributed by atoms with Crippen molar-refractivity contribution in [2.45, 2.75) is 46.0 Å².